The number of fused-ring (bicyclic) bond motifs is 1. The molecule has 2 aromatic heterocycles. The number of halogens is 3. The zero-order valence-electron chi connectivity index (χ0n) is 29.4. The number of piperidine rings is 2. The quantitative estimate of drug-likeness (QED) is 0.148. The highest BCUT2D eigenvalue weighted by molar-refractivity contribution is 6.01. The molecule has 0 saturated carbocycles. The van der Waals surface area contributed by atoms with Crippen LogP contribution in [0.25, 0.3) is 22.0 Å². The number of imide groups is 1. The maximum absolute atomic E-state index is 15.0. The Morgan fingerprint density at radius 2 is 1.63 bits per heavy atom. The predicted molar refractivity (Wildman–Crippen MR) is 194 cm³/mol. The number of carbonyl (C=O) groups excluding carboxylic acids is 2. The number of carbonyl (C=O) groups is 2. The average molecular weight is 707 g/mol. The van der Waals surface area contributed by atoms with Gasteiger partial charge in [-0.25, -0.2) is 13.2 Å². The van der Waals surface area contributed by atoms with E-state index in [0.29, 0.717) is 30.3 Å². The molecule has 0 bridgehead atoms. The second-order valence-electron chi connectivity index (χ2n) is 14.0. The van der Waals surface area contributed by atoms with E-state index in [2.05, 4.69) is 63.0 Å². The number of aromatic nitrogens is 3. The highest BCUT2D eigenvalue weighted by Crippen LogP contribution is 2.35. The Kier molecular flexibility index (Phi) is 10.1. The third kappa shape index (κ3) is 7.27. The molecule has 11 heteroatoms. The van der Waals surface area contributed by atoms with Crippen LogP contribution >= 0.6 is 0 Å². The van der Waals surface area contributed by atoms with E-state index in [1.54, 1.807) is 13.1 Å². The van der Waals surface area contributed by atoms with Crippen molar-refractivity contribution >= 4 is 28.4 Å². The smallest absolute Gasteiger partial charge is 0.266 e. The minimum Gasteiger partial charge on any atom is -0.361 e. The van der Waals surface area contributed by atoms with Crippen molar-refractivity contribution in [2.45, 2.75) is 77.3 Å². The Hall–Kier alpha value is -5.16. The third-order valence-electron chi connectivity index (χ3n) is 10.6. The van der Waals surface area contributed by atoms with Gasteiger partial charge in [-0.2, -0.15) is 5.10 Å². The fourth-order valence-electron chi connectivity index (χ4n) is 7.52. The molecule has 0 spiro atoms. The standard InChI is InChI=1S/C41H41F3N6O2/c1-23-7-8-26(22-50-17-15-28(16-18-50)27-9-11-29(12-10-27)31-13-14-37(51)47-41(31)52)19-33(23)36-20-34-35(21-45-36)25(3)48-49-40(34)46-24(2)30-5-4-6-32(38(30)42)39(43)44/h4-12,19-21,24,28,31,39H,13-18,22H2,1-3H3,(H,46,49)(H,47,51,52)/t24-,31?/m1/s1. The highest BCUT2D eigenvalue weighted by atomic mass is 19.3. The molecule has 2 amide bonds. The molecule has 2 saturated heterocycles. The molecule has 2 fully saturated rings. The second kappa shape index (κ2) is 14.8. The molecular formula is C41H41F3N6O2. The van der Waals surface area contributed by atoms with Gasteiger partial charge in [0.1, 0.15) is 5.82 Å². The Bertz CT molecular complexity index is 2130. The van der Waals surface area contributed by atoms with Crippen LogP contribution < -0.4 is 10.6 Å². The van der Waals surface area contributed by atoms with Gasteiger partial charge in [-0.15, -0.1) is 5.10 Å². The first-order chi connectivity index (χ1) is 25.0. The summed E-state index contributed by atoms with van der Waals surface area (Å²) in [6.07, 6.45) is 1.86. The van der Waals surface area contributed by atoms with Gasteiger partial charge in [-0.05, 0) is 93.4 Å². The molecule has 2 aliphatic heterocycles. The van der Waals surface area contributed by atoms with Gasteiger partial charge in [0.2, 0.25) is 11.8 Å². The molecule has 0 aliphatic carbocycles. The average Bonchev–Trinajstić information content (AvgIpc) is 3.14. The largest absolute Gasteiger partial charge is 0.361 e. The summed E-state index contributed by atoms with van der Waals surface area (Å²) in [5, 5.41) is 15.9. The van der Waals surface area contributed by atoms with Crippen molar-refractivity contribution in [1.82, 2.24) is 25.4 Å². The van der Waals surface area contributed by atoms with Crippen molar-refractivity contribution in [3.05, 3.63) is 118 Å². The molecular weight excluding hydrogens is 665 g/mol. The maximum atomic E-state index is 15.0. The van der Waals surface area contributed by atoms with E-state index in [0.717, 1.165) is 71.7 Å². The predicted octanol–water partition coefficient (Wildman–Crippen LogP) is 8.46. The maximum Gasteiger partial charge on any atom is 0.266 e. The van der Waals surface area contributed by atoms with E-state index in [1.807, 2.05) is 25.1 Å². The van der Waals surface area contributed by atoms with Gasteiger partial charge in [0.25, 0.3) is 6.43 Å². The van der Waals surface area contributed by atoms with Gasteiger partial charge >= 0.3 is 0 Å². The number of benzene rings is 3. The summed E-state index contributed by atoms with van der Waals surface area (Å²) in [6, 6.07) is 20.2. The summed E-state index contributed by atoms with van der Waals surface area (Å²) in [6.45, 7) is 8.34. The minimum absolute atomic E-state index is 0.123. The van der Waals surface area contributed by atoms with Gasteiger partial charge in [0.05, 0.1) is 28.9 Å². The van der Waals surface area contributed by atoms with Crippen molar-refractivity contribution in [3.8, 4) is 11.3 Å². The fraction of sp³-hybridized carbons (Fsp3) is 0.341. The molecule has 4 heterocycles. The highest BCUT2D eigenvalue weighted by Gasteiger charge is 2.28. The van der Waals surface area contributed by atoms with Crippen LogP contribution in [0.2, 0.25) is 0 Å². The lowest BCUT2D eigenvalue weighted by Gasteiger charge is -2.32. The van der Waals surface area contributed by atoms with Gasteiger partial charge in [0.15, 0.2) is 5.82 Å². The van der Waals surface area contributed by atoms with Crippen LogP contribution in [-0.2, 0) is 16.1 Å². The molecule has 3 aromatic carbocycles. The van der Waals surface area contributed by atoms with Crippen LogP contribution in [0.1, 0.15) is 96.0 Å². The molecule has 7 rings (SSSR count). The van der Waals surface area contributed by atoms with E-state index < -0.39 is 23.8 Å². The number of nitrogens with zero attached hydrogens (tertiary/aromatic N) is 4. The van der Waals surface area contributed by atoms with Crippen molar-refractivity contribution in [3.63, 3.8) is 0 Å². The van der Waals surface area contributed by atoms with Crippen LogP contribution in [0.4, 0.5) is 19.0 Å². The number of nitrogens with one attached hydrogen (secondary N) is 2. The first-order valence-corrected chi connectivity index (χ1v) is 17.8. The molecule has 5 aromatic rings. The summed E-state index contributed by atoms with van der Waals surface area (Å²) >= 11 is 0. The number of rotatable bonds is 9. The Morgan fingerprint density at radius 3 is 2.37 bits per heavy atom. The van der Waals surface area contributed by atoms with Gasteiger partial charge in [-0.1, -0.05) is 54.6 Å². The number of aryl methyl sites for hydroxylation is 2. The zero-order valence-corrected chi connectivity index (χ0v) is 29.4. The summed E-state index contributed by atoms with van der Waals surface area (Å²) in [4.78, 5) is 31.1. The molecule has 2 N–H and O–H groups in total. The van der Waals surface area contributed by atoms with E-state index in [4.69, 9.17) is 4.98 Å². The van der Waals surface area contributed by atoms with Crippen molar-refractivity contribution in [2.24, 2.45) is 0 Å². The summed E-state index contributed by atoms with van der Waals surface area (Å²) in [7, 11) is 0. The van der Waals surface area contributed by atoms with Crippen LogP contribution in [0.3, 0.4) is 0 Å². The summed E-state index contributed by atoms with van der Waals surface area (Å²) in [5.74, 6) is -0.740. The Labute approximate surface area is 300 Å². The molecule has 0 radical (unpaired) electrons. The first kappa shape index (κ1) is 35.3. The normalized spacial score (nSPS) is 17.8. The number of anilines is 1. The van der Waals surface area contributed by atoms with Crippen molar-refractivity contribution < 1.29 is 22.8 Å². The zero-order chi connectivity index (χ0) is 36.5. The number of likely N-dealkylation sites (tertiary alicyclic amines) is 1. The fourth-order valence-corrected chi connectivity index (χ4v) is 7.52. The molecule has 52 heavy (non-hydrogen) atoms. The monoisotopic (exact) mass is 706 g/mol. The second-order valence-corrected chi connectivity index (χ2v) is 14.0. The van der Waals surface area contributed by atoms with Crippen LogP contribution in [-0.4, -0.2) is 45.0 Å². The van der Waals surface area contributed by atoms with Gasteiger partial charge in [0, 0.05) is 41.1 Å². The number of amides is 2. The topological polar surface area (TPSA) is 100 Å². The lowest BCUT2D eigenvalue weighted by Crippen LogP contribution is -2.39. The summed E-state index contributed by atoms with van der Waals surface area (Å²) in [5.41, 5.74) is 6.44. The first-order valence-electron chi connectivity index (χ1n) is 17.8. The van der Waals surface area contributed by atoms with Crippen LogP contribution in [0.15, 0.2) is 72.9 Å². The Balaban J connectivity index is 1.05. The SMILES string of the molecule is Cc1ccc(CN2CCC(c3ccc(C4CCC(=O)NC4=O)cc3)CC2)cc1-c1cc2c(N[C@H](C)c3cccc(C(F)F)c3F)nnc(C)c2cn1. The number of pyridine rings is 1. The van der Waals surface area contributed by atoms with E-state index in [-0.39, 0.29) is 23.3 Å². The van der Waals surface area contributed by atoms with Gasteiger partial charge in [-0.3, -0.25) is 24.8 Å². The Morgan fingerprint density at radius 1 is 0.904 bits per heavy atom. The number of alkyl halides is 2. The lowest BCUT2D eigenvalue weighted by molar-refractivity contribution is -0.134. The van der Waals surface area contributed by atoms with E-state index >= 15 is 0 Å². The molecule has 1 unspecified atom stereocenters. The minimum atomic E-state index is -2.91. The number of hydrogen-bond acceptors (Lipinski definition) is 7. The molecule has 268 valence electrons. The molecule has 8 nitrogen and oxygen atoms in total. The van der Waals surface area contributed by atoms with Crippen LogP contribution in [0.5, 0.6) is 0 Å². The third-order valence-corrected chi connectivity index (χ3v) is 10.6. The molecule has 2 aliphatic rings. The van der Waals surface area contributed by atoms with Gasteiger partial charge < -0.3 is 5.32 Å². The molecule has 2 atom stereocenters. The lowest BCUT2D eigenvalue weighted by atomic mass is 9.86. The summed E-state index contributed by atoms with van der Waals surface area (Å²) < 4.78 is 41.8. The van der Waals surface area contributed by atoms with E-state index in [9.17, 15) is 22.8 Å². The van der Waals surface area contributed by atoms with Crippen LogP contribution in [0, 0.1) is 19.7 Å². The van der Waals surface area contributed by atoms with Crippen molar-refractivity contribution in [2.75, 3.05) is 18.4 Å². The van der Waals surface area contributed by atoms with E-state index in [1.165, 1.54) is 23.3 Å². The number of hydrogen-bond donors (Lipinski definition) is 2. The van der Waals surface area contributed by atoms with Crippen molar-refractivity contribution in [1.29, 1.82) is 0 Å².